The molecule has 2 nitrogen and oxygen atoms in total. The summed E-state index contributed by atoms with van der Waals surface area (Å²) in [5.41, 5.74) is 0. The number of alkyl halides is 1. The van der Waals surface area contributed by atoms with Gasteiger partial charge in [0.25, 0.3) is 0 Å². The summed E-state index contributed by atoms with van der Waals surface area (Å²) in [4.78, 5) is 0. The fourth-order valence-electron chi connectivity index (χ4n) is 0.160. The molecule has 0 rings (SSSR count). The zero-order valence-electron chi connectivity index (χ0n) is 3.76. The van der Waals surface area contributed by atoms with Gasteiger partial charge in [0.15, 0.2) is 0 Å². The highest BCUT2D eigenvalue weighted by Crippen LogP contribution is 1.87. The van der Waals surface area contributed by atoms with Gasteiger partial charge in [-0.15, -0.1) is 0 Å². The first kappa shape index (κ1) is 6.38. The second-order valence-corrected chi connectivity index (χ2v) is 1.17. The van der Waals surface area contributed by atoms with Crippen LogP contribution >= 0.6 is 0 Å². The number of aliphatic hydroxyl groups is 1. The number of rotatable bonds is 2. The molecule has 40 valence electrons. The fraction of sp³-hybridized carbons (Fsp3) is 0.750. The molecule has 0 radical (unpaired) electrons. The van der Waals surface area contributed by atoms with E-state index in [1.54, 1.807) is 6.07 Å². The van der Waals surface area contributed by atoms with Crippen molar-refractivity contribution in [2.24, 2.45) is 0 Å². The molecule has 0 spiro atoms. The Hall–Kier alpha value is -0.620. The van der Waals surface area contributed by atoms with Gasteiger partial charge < -0.3 is 5.11 Å². The Labute approximate surface area is 41.2 Å². The van der Waals surface area contributed by atoms with Crippen molar-refractivity contribution in [3.8, 4) is 6.07 Å². The molecule has 0 aliphatic heterocycles. The molecule has 0 saturated heterocycles. The van der Waals surface area contributed by atoms with E-state index < -0.39 is 12.8 Å². The smallest absolute Gasteiger partial charge is 0.116 e. The van der Waals surface area contributed by atoms with Crippen LogP contribution in [0.2, 0.25) is 0 Å². The first-order valence-corrected chi connectivity index (χ1v) is 1.92. The lowest BCUT2D eigenvalue weighted by Crippen LogP contribution is -2.06. The second-order valence-electron chi connectivity index (χ2n) is 1.17. The number of aliphatic hydroxyl groups excluding tert-OH is 1. The quantitative estimate of drug-likeness (QED) is 0.543. The van der Waals surface area contributed by atoms with Crippen LogP contribution in [0.1, 0.15) is 6.42 Å². The van der Waals surface area contributed by atoms with Crippen LogP contribution in [-0.2, 0) is 0 Å². The number of hydrogen-bond donors (Lipinski definition) is 1. The van der Waals surface area contributed by atoms with Crippen LogP contribution in [0.25, 0.3) is 0 Å². The van der Waals surface area contributed by atoms with Gasteiger partial charge >= 0.3 is 0 Å². The Morgan fingerprint density at radius 1 is 1.86 bits per heavy atom. The van der Waals surface area contributed by atoms with Crippen molar-refractivity contribution in [2.45, 2.75) is 12.5 Å². The number of hydrogen-bond acceptors (Lipinski definition) is 2. The van der Waals surface area contributed by atoms with Crippen molar-refractivity contribution in [1.29, 1.82) is 5.26 Å². The summed E-state index contributed by atoms with van der Waals surface area (Å²) < 4.78 is 11.2. The lowest BCUT2D eigenvalue weighted by atomic mass is 10.3. The Balaban J connectivity index is 3.03. The lowest BCUT2D eigenvalue weighted by molar-refractivity contribution is 0.144. The van der Waals surface area contributed by atoms with Crippen molar-refractivity contribution in [3.05, 3.63) is 0 Å². The third kappa shape index (κ3) is 3.20. The van der Waals surface area contributed by atoms with Crippen LogP contribution in [0.15, 0.2) is 0 Å². The van der Waals surface area contributed by atoms with Crippen LogP contribution < -0.4 is 0 Å². The topological polar surface area (TPSA) is 44.0 Å². The van der Waals surface area contributed by atoms with Gasteiger partial charge in [-0.05, 0) is 0 Å². The van der Waals surface area contributed by atoms with Crippen LogP contribution in [0.3, 0.4) is 0 Å². The van der Waals surface area contributed by atoms with Crippen LogP contribution in [0.5, 0.6) is 0 Å². The van der Waals surface area contributed by atoms with E-state index in [1.165, 1.54) is 0 Å². The zero-order chi connectivity index (χ0) is 5.70. The predicted molar refractivity (Wildman–Crippen MR) is 22.2 cm³/mol. The molecular weight excluding hydrogens is 97.0 g/mol. The average Bonchev–Trinajstić information content (AvgIpc) is 1.68. The summed E-state index contributed by atoms with van der Waals surface area (Å²) in [7, 11) is 0. The molecule has 0 fully saturated rings. The van der Waals surface area contributed by atoms with Crippen molar-refractivity contribution in [2.75, 3.05) is 6.67 Å². The van der Waals surface area contributed by atoms with E-state index in [1.807, 2.05) is 0 Å². The first-order valence-electron chi connectivity index (χ1n) is 1.92. The van der Waals surface area contributed by atoms with Gasteiger partial charge in [-0.3, -0.25) is 0 Å². The molecule has 1 atom stereocenters. The monoisotopic (exact) mass is 103 g/mol. The molecule has 7 heavy (non-hydrogen) atoms. The standard InChI is InChI=1S/C4H6FNO/c5-3-4(7)1-2-6/h4,7H,1,3H2/t4-/m1/s1. The third-order valence-electron chi connectivity index (χ3n) is 0.505. The summed E-state index contributed by atoms with van der Waals surface area (Å²) in [5, 5.41) is 16.1. The Kier molecular flexibility index (Phi) is 3.25. The van der Waals surface area contributed by atoms with Crippen LogP contribution in [-0.4, -0.2) is 17.9 Å². The van der Waals surface area contributed by atoms with Crippen molar-refractivity contribution in [1.82, 2.24) is 0 Å². The molecule has 0 unspecified atom stereocenters. The highest BCUT2D eigenvalue weighted by Gasteiger charge is 1.98. The van der Waals surface area contributed by atoms with Gasteiger partial charge in [0, 0.05) is 0 Å². The molecule has 1 N–H and O–H groups in total. The van der Waals surface area contributed by atoms with Gasteiger partial charge in [0.1, 0.15) is 6.67 Å². The minimum Gasteiger partial charge on any atom is -0.389 e. The molecule has 0 heterocycles. The Bertz CT molecular complexity index is 78.2. The SMILES string of the molecule is N#CC[C@@H](O)CF. The molecule has 3 heteroatoms. The number of nitriles is 1. The first-order chi connectivity index (χ1) is 3.31. The van der Waals surface area contributed by atoms with E-state index in [4.69, 9.17) is 10.4 Å². The highest BCUT2D eigenvalue weighted by molar-refractivity contribution is 4.73. The predicted octanol–water partition coefficient (Wildman–Crippen LogP) is 0.230. The normalized spacial score (nSPS) is 12.7. The molecule has 0 aromatic carbocycles. The zero-order valence-corrected chi connectivity index (χ0v) is 3.76. The molecular formula is C4H6FNO. The minimum atomic E-state index is -1.08. The molecule has 0 bridgehead atoms. The van der Waals surface area contributed by atoms with Gasteiger partial charge in [-0.25, -0.2) is 4.39 Å². The molecule has 0 aromatic heterocycles. The Morgan fingerprint density at radius 2 is 2.43 bits per heavy atom. The van der Waals surface area contributed by atoms with E-state index in [0.29, 0.717) is 0 Å². The van der Waals surface area contributed by atoms with E-state index in [0.717, 1.165) is 0 Å². The summed E-state index contributed by atoms with van der Waals surface area (Å²) in [5.74, 6) is 0. The highest BCUT2D eigenvalue weighted by atomic mass is 19.1. The van der Waals surface area contributed by atoms with Gasteiger partial charge in [-0.2, -0.15) is 5.26 Å². The second kappa shape index (κ2) is 3.57. The number of halogens is 1. The van der Waals surface area contributed by atoms with Gasteiger partial charge in [0.2, 0.25) is 0 Å². The van der Waals surface area contributed by atoms with E-state index in [2.05, 4.69) is 0 Å². The largest absolute Gasteiger partial charge is 0.389 e. The maximum absolute atomic E-state index is 11.2. The maximum atomic E-state index is 11.2. The minimum absolute atomic E-state index is 0.115. The maximum Gasteiger partial charge on any atom is 0.116 e. The molecule has 0 saturated carbocycles. The summed E-state index contributed by atoms with van der Waals surface area (Å²) >= 11 is 0. The molecule has 0 amide bonds. The van der Waals surface area contributed by atoms with Crippen LogP contribution in [0, 0.1) is 11.3 Å². The van der Waals surface area contributed by atoms with Gasteiger partial charge in [-0.1, -0.05) is 0 Å². The molecule has 0 aliphatic carbocycles. The summed E-state index contributed by atoms with van der Waals surface area (Å²) in [6, 6.07) is 1.63. The lowest BCUT2D eigenvalue weighted by Gasteiger charge is -1.93. The van der Waals surface area contributed by atoms with Gasteiger partial charge in [0.05, 0.1) is 18.6 Å². The average molecular weight is 103 g/mol. The number of nitrogens with zero attached hydrogens (tertiary/aromatic N) is 1. The third-order valence-corrected chi connectivity index (χ3v) is 0.505. The molecule has 0 aliphatic rings. The molecule has 0 aromatic rings. The van der Waals surface area contributed by atoms with Crippen molar-refractivity contribution >= 4 is 0 Å². The van der Waals surface area contributed by atoms with E-state index in [9.17, 15) is 4.39 Å². The fourth-order valence-corrected chi connectivity index (χ4v) is 0.160. The summed E-state index contributed by atoms with van der Waals surface area (Å²) in [6.07, 6.45) is -1.19. The summed E-state index contributed by atoms with van der Waals surface area (Å²) in [6.45, 7) is -0.826. The van der Waals surface area contributed by atoms with Crippen molar-refractivity contribution in [3.63, 3.8) is 0 Å². The Morgan fingerprint density at radius 3 is 2.57 bits per heavy atom. The van der Waals surface area contributed by atoms with Crippen molar-refractivity contribution < 1.29 is 9.50 Å². The van der Waals surface area contributed by atoms with E-state index >= 15 is 0 Å². The van der Waals surface area contributed by atoms with E-state index in [-0.39, 0.29) is 6.42 Å². The van der Waals surface area contributed by atoms with Crippen LogP contribution in [0.4, 0.5) is 4.39 Å².